The summed E-state index contributed by atoms with van der Waals surface area (Å²) in [6, 6.07) is 0. The van der Waals surface area contributed by atoms with Gasteiger partial charge in [0.25, 0.3) is 0 Å². The summed E-state index contributed by atoms with van der Waals surface area (Å²) in [6.45, 7) is 5.25. The molecule has 0 aromatic rings. The van der Waals surface area contributed by atoms with E-state index in [2.05, 4.69) is 13.8 Å². The van der Waals surface area contributed by atoms with E-state index in [1.165, 1.54) is 0 Å². The standard InChI is InChI=1S/C5H10O.2H3O4P/c1-3-5(2)4-6-5;2*1-5(2,3)4/h3-4H2,1-2H3;2*(H3,1,2,3,4). The molecule has 1 heterocycles. The number of epoxide rings is 1. The third-order valence-corrected chi connectivity index (χ3v) is 1.39. The van der Waals surface area contributed by atoms with Gasteiger partial charge in [-0.3, -0.25) is 0 Å². The minimum Gasteiger partial charge on any atom is -0.370 e. The molecule has 0 spiro atoms. The maximum Gasteiger partial charge on any atom is 0.466 e. The summed E-state index contributed by atoms with van der Waals surface area (Å²) in [5.41, 5.74) is 0.292. The first-order valence-corrected chi connectivity index (χ1v) is 7.10. The van der Waals surface area contributed by atoms with Crippen LogP contribution >= 0.6 is 15.6 Å². The van der Waals surface area contributed by atoms with Crippen LogP contribution in [0.5, 0.6) is 0 Å². The predicted octanol–water partition coefficient (Wildman–Crippen LogP) is -0.672. The lowest BCUT2D eigenvalue weighted by molar-refractivity contribution is 0.272. The fraction of sp³-hybridized carbons (Fsp3) is 1.00. The molecule has 0 aromatic heterocycles. The van der Waals surface area contributed by atoms with Gasteiger partial charge < -0.3 is 34.1 Å². The molecule has 1 saturated heterocycles. The molecule has 1 atom stereocenters. The van der Waals surface area contributed by atoms with E-state index in [0.717, 1.165) is 13.0 Å². The van der Waals surface area contributed by atoms with E-state index < -0.39 is 15.6 Å². The van der Waals surface area contributed by atoms with Crippen molar-refractivity contribution in [3.63, 3.8) is 0 Å². The SMILES string of the molecule is CCC1(C)CO1.O=P(O)(O)O.O=P(O)(O)O. The zero-order valence-corrected chi connectivity index (χ0v) is 10.5. The van der Waals surface area contributed by atoms with Crippen LogP contribution in [0, 0.1) is 0 Å². The highest BCUT2D eigenvalue weighted by Crippen LogP contribution is 2.28. The molecule has 0 aliphatic carbocycles. The topological polar surface area (TPSA) is 168 Å². The van der Waals surface area contributed by atoms with Crippen LogP contribution in [0.25, 0.3) is 0 Å². The van der Waals surface area contributed by atoms with E-state index in [0.29, 0.717) is 5.60 Å². The van der Waals surface area contributed by atoms with Crippen LogP contribution in [0.2, 0.25) is 0 Å². The summed E-state index contributed by atoms with van der Waals surface area (Å²) in [6.07, 6.45) is 1.16. The van der Waals surface area contributed by atoms with Crippen molar-refractivity contribution < 1.29 is 43.2 Å². The molecule has 0 amide bonds. The van der Waals surface area contributed by atoms with Gasteiger partial charge >= 0.3 is 15.6 Å². The van der Waals surface area contributed by atoms with Gasteiger partial charge in [-0.25, -0.2) is 9.13 Å². The fourth-order valence-electron chi connectivity index (χ4n) is 0.327. The molecule has 1 fully saturated rings. The Bertz CT molecular complexity index is 237. The van der Waals surface area contributed by atoms with Gasteiger partial charge in [0.15, 0.2) is 0 Å². The summed E-state index contributed by atoms with van der Waals surface area (Å²) in [7, 11) is -9.28. The van der Waals surface area contributed by atoms with Crippen molar-refractivity contribution in [1.29, 1.82) is 0 Å². The highest BCUT2D eigenvalue weighted by molar-refractivity contribution is 7.45. The fourth-order valence-corrected chi connectivity index (χ4v) is 0.327. The number of hydrogen-bond donors (Lipinski definition) is 6. The Hall–Kier alpha value is 0.180. The number of ether oxygens (including phenoxy) is 1. The molecule has 1 aliphatic heterocycles. The molecule has 0 aromatic carbocycles. The van der Waals surface area contributed by atoms with Crippen molar-refractivity contribution in [2.75, 3.05) is 6.61 Å². The van der Waals surface area contributed by atoms with Crippen molar-refractivity contribution in [3.8, 4) is 0 Å². The van der Waals surface area contributed by atoms with E-state index in [1.54, 1.807) is 0 Å². The largest absolute Gasteiger partial charge is 0.466 e. The smallest absolute Gasteiger partial charge is 0.370 e. The van der Waals surface area contributed by atoms with E-state index in [-0.39, 0.29) is 0 Å². The predicted molar refractivity (Wildman–Crippen MR) is 53.2 cm³/mol. The summed E-state index contributed by atoms with van der Waals surface area (Å²) in [4.78, 5) is 43.1. The summed E-state index contributed by atoms with van der Waals surface area (Å²) >= 11 is 0. The lowest BCUT2D eigenvalue weighted by Gasteiger charge is -1.92. The first-order chi connectivity index (χ1) is 6.77. The van der Waals surface area contributed by atoms with Crippen LogP contribution in [0.15, 0.2) is 0 Å². The van der Waals surface area contributed by atoms with Gasteiger partial charge in [0.1, 0.15) is 0 Å². The second-order valence-corrected chi connectivity index (χ2v) is 5.17. The van der Waals surface area contributed by atoms with Crippen molar-refractivity contribution in [2.45, 2.75) is 25.9 Å². The van der Waals surface area contributed by atoms with Crippen molar-refractivity contribution in [3.05, 3.63) is 0 Å². The molecule has 0 radical (unpaired) electrons. The average molecular weight is 282 g/mol. The quantitative estimate of drug-likeness (QED) is 0.269. The van der Waals surface area contributed by atoms with Gasteiger partial charge in [-0.2, -0.15) is 0 Å². The minimum absolute atomic E-state index is 0.292. The van der Waals surface area contributed by atoms with E-state index in [1.807, 2.05) is 0 Å². The van der Waals surface area contributed by atoms with Crippen LogP contribution in [0.1, 0.15) is 20.3 Å². The molecule has 1 rings (SSSR count). The van der Waals surface area contributed by atoms with Gasteiger partial charge in [-0.05, 0) is 13.3 Å². The maximum atomic E-state index is 8.88. The summed E-state index contributed by atoms with van der Waals surface area (Å²) in [5.74, 6) is 0. The maximum absolute atomic E-state index is 8.88. The Kier molecular flexibility index (Phi) is 7.89. The van der Waals surface area contributed by atoms with Crippen molar-refractivity contribution in [1.82, 2.24) is 0 Å². The Morgan fingerprint density at radius 3 is 1.25 bits per heavy atom. The summed E-state index contributed by atoms with van der Waals surface area (Å²) in [5, 5.41) is 0. The second-order valence-electron chi connectivity index (χ2n) is 3.12. The third-order valence-electron chi connectivity index (χ3n) is 1.39. The zero-order chi connectivity index (χ0) is 13.6. The van der Waals surface area contributed by atoms with Crippen molar-refractivity contribution in [2.24, 2.45) is 0 Å². The van der Waals surface area contributed by atoms with Crippen LogP contribution < -0.4 is 0 Å². The third kappa shape index (κ3) is 36.8. The lowest BCUT2D eigenvalue weighted by Crippen LogP contribution is -1.98. The molecule has 100 valence electrons. The highest BCUT2D eigenvalue weighted by atomic mass is 31.2. The van der Waals surface area contributed by atoms with Crippen LogP contribution in [0.4, 0.5) is 0 Å². The molecular formula is C5H16O9P2. The summed E-state index contributed by atoms with van der Waals surface area (Å²) < 4.78 is 22.8. The van der Waals surface area contributed by atoms with Crippen LogP contribution in [-0.2, 0) is 13.9 Å². The molecular weight excluding hydrogens is 266 g/mol. The Balaban J connectivity index is 0. The Morgan fingerprint density at radius 2 is 1.25 bits per heavy atom. The molecule has 0 bridgehead atoms. The number of rotatable bonds is 1. The molecule has 1 unspecified atom stereocenters. The Labute approximate surface area is 92.2 Å². The Morgan fingerprint density at radius 1 is 1.06 bits per heavy atom. The van der Waals surface area contributed by atoms with Gasteiger partial charge in [-0.15, -0.1) is 0 Å². The van der Waals surface area contributed by atoms with Crippen LogP contribution in [0.3, 0.4) is 0 Å². The van der Waals surface area contributed by atoms with Gasteiger partial charge in [-0.1, -0.05) is 6.92 Å². The molecule has 16 heavy (non-hydrogen) atoms. The number of hydrogen-bond acceptors (Lipinski definition) is 3. The zero-order valence-electron chi connectivity index (χ0n) is 8.72. The minimum atomic E-state index is -4.64. The first kappa shape index (κ1) is 18.5. The van der Waals surface area contributed by atoms with Gasteiger partial charge in [0.05, 0.1) is 12.2 Å². The molecule has 9 nitrogen and oxygen atoms in total. The molecule has 11 heteroatoms. The van der Waals surface area contributed by atoms with Gasteiger partial charge in [0.2, 0.25) is 0 Å². The molecule has 1 aliphatic rings. The normalized spacial score (nSPS) is 23.5. The van der Waals surface area contributed by atoms with Crippen LogP contribution in [-0.4, -0.2) is 41.6 Å². The average Bonchev–Trinajstić information content (AvgIpc) is 2.62. The van der Waals surface area contributed by atoms with E-state index >= 15 is 0 Å². The van der Waals surface area contributed by atoms with Gasteiger partial charge in [0, 0.05) is 0 Å². The van der Waals surface area contributed by atoms with Crippen molar-refractivity contribution >= 4 is 15.6 Å². The molecule has 0 saturated carbocycles. The first-order valence-electron chi connectivity index (χ1n) is 3.97. The lowest BCUT2D eigenvalue weighted by atomic mass is 10.1. The van der Waals surface area contributed by atoms with E-state index in [9.17, 15) is 0 Å². The van der Waals surface area contributed by atoms with E-state index in [4.69, 9.17) is 43.2 Å². The monoisotopic (exact) mass is 282 g/mol. The number of phosphoric acid groups is 2. The molecule has 6 N–H and O–H groups in total. The second kappa shape index (κ2) is 6.80. The highest BCUT2D eigenvalue weighted by Gasteiger charge is 2.36.